The summed E-state index contributed by atoms with van der Waals surface area (Å²) in [5.41, 5.74) is 2.69. The molecule has 2 aromatic carbocycles. The smallest absolute Gasteiger partial charge is 0.320 e. The van der Waals surface area contributed by atoms with Crippen LogP contribution in [0.4, 0.5) is 0 Å². The summed E-state index contributed by atoms with van der Waals surface area (Å²) in [5.74, 6) is -0.462. The van der Waals surface area contributed by atoms with Crippen LogP contribution >= 0.6 is 22.6 Å². The first-order valence-electron chi connectivity index (χ1n) is 8.25. The Kier molecular flexibility index (Phi) is 5.14. The molecule has 0 saturated heterocycles. The molecule has 0 aliphatic heterocycles. The van der Waals surface area contributed by atoms with Crippen LogP contribution < -0.4 is 0 Å². The number of hydrogen-bond acceptors (Lipinski definition) is 3. The van der Waals surface area contributed by atoms with Crippen molar-refractivity contribution in [2.75, 3.05) is 7.11 Å². The van der Waals surface area contributed by atoms with E-state index in [0.717, 1.165) is 14.7 Å². The second kappa shape index (κ2) is 7.19. The van der Waals surface area contributed by atoms with Gasteiger partial charge in [-0.05, 0) is 70.4 Å². The number of halogens is 1. The third-order valence-corrected chi connectivity index (χ3v) is 5.88. The van der Waals surface area contributed by atoms with Gasteiger partial charge in [0.1, 0.15) is 5.41 Å². The Morgan fingerprint density at radius 1 is 1.15 bits per heavy atom. The predicted octanol–water partition coefficient (Wildman–Crippen LogP) is 4.95. The van der Waals surface area contributed by atoms with Crippen LogP contribution in [0.2, 0.25) is 0 Å². The maximum absolute atomic E-state index is 13.0. The Morgan fingerprint density at radius 2 is 1.81 bits per heavy atom. The number of fused-ring (bicyclic) bond motifs is 1. The maximum Gasteiger partial charge on any atom is 0.320 e. The number of allylic oxidation sites excluding steroid dienone is 2. The van der Waals surface area contributed by atoms with E-state index in [1.165, 1.54) is 7.11 Å². The van der Waals surface area contributed by atoms with Crippen LogP contribution in [-0.4, -0.2) is 18.9 Å². The molecule has 2 aromatic rings. The average Bonchev–Trinajstić information content (AvgIpc) is 2.64. The first-order chi connectivity index (χ1) is 12.4. The average molecular weight is 458 g/mol. The molecule has 0 heterocycles. The van der Waals surface area contributed by atoms with Crippen molar-refractivity contribution in [3.63, 3.8) is 0 Å². The van der Waals surface area contributed by atoms with Gasteiger partial charge in [0.2, 0.25) is 0 Å². The first-order valence-corrected chi connectivity index (χ1v) is 9.33. The van der Waals surface area contributed by atoms with Crippen molar-refractivity contribution >= 4 is 39.9 Å². The molecule has 3 rings (SSSR count). The maximum atomic E-state index is 13.0. The minimum absolute atomic E-state index is 0.0856. The van der Waals surface area contributed by atoms with E-state index in [9.17, 15) is 9.59 Å². The van der Waals surface area contributed by atoms with Gasteiger partial charge >= 0.3 is 5.97 Å². The fourth-order valence-electron chi connectivity index (χ4n) is 3.60. The quantitative estimate of drug-likeness (QED) is 0.481. The first kappa shape index (κ1) is 18.6. The van der Waals surface area contributed by atoms with E-state index in [4.69, 9.17) is 4.74 Å². The highest BCUT2D eigenvalue weighted by Crippen LogP contribution is 2.45. The Bertz CT molecular complexity index is 942. The Hall–Kier alpha value is -2.21. The Balaban J connectivity index is 2.18. The molecule has 132 valence electrons. The van der Waals surface area contributed by atoms with Gasteiger partial charge in [-0.15, -0.1) is 0 Å². The molecule has 1 aliphatic carbocycles. The van der Waals surface area contributed by atoms with Crippen molar-refractivity contribution < 1.29 is 14.3 Å². The normalized spacial score (nSPS) is 18.7. The van der Waals surface area contributed by atoms with Crippen LogP contribution in [-0.2, 0) is 14.9 Å². The fourth-order valence-corrected chi connectivity index (χ4v) is 4.36. The molecule has 0 N–H and O–H groups in total. The second-order valence-corrected chi connectivity index (χ2v) is 7.56. The molecule has 1 atom stereocenters. The van der Waals surface area contributed by atoms with E-state index in [-0.39, 0.29) is 11.8 Å². The lowest BCUT2D eigenvalue weighted by molar-refractivity contribution is -0.145. The molecular weight excluding hydrogens is 439 g/mol. The predicted molar refractivity (Wildman–Crippen MR) is 111 cm³/mol. The molecule has 0 bridgehead atoms. The van der Waals surface area contributed by atoms with Gasteiger partial charge in [-0.2, -0.15) is 0 Å². The fraction of sp³-hybridized carbons (Fsp3) is 0.182. The standard InChI is InChI=1S/C22H19IO3/c1-14(16-8-5-7-11-19(16)23)13-22(21(25)26-3)15(2)12-20(24)17-9-4-6-10-18(17)22/h4-12H,1,13H2,2-3H3. The molecule has 0 aromatic heterocycles. The summed E-state index contributed by atoms with van der Waals surface area (Å²) in [6.07, 6.45) is 1.90. The molecule has 0 saturated carbocycles. The van der Waals surface area contributed by atoms with Gasteiger partial charge in [0, 0.05) is 9.13 Å². The highest BCUT2D eigenvalue weighted by molar-refractivity contribution is 14.1. The molecule has 0 radical (unpaired) electrons. The summed E-state index contributed by atoms with van der Waals surface area (Å²) < 4.78 is 6.26. The number of ketones is 1. The number of esters is 1. The van der Waals surface area contributed by atoms with Crippen LogP contribution in [0, 0.1) is 3.57 Å². The van der Waals surface area contributed by atoms with Crippen LogP contribution in [0.3, 0.4) is 0 Å². The van der Waals surface area contributed by atoms with E-state index in [1.807, 2.05) is 49.4 Å². The van der Waals surface area contributed by atoms with E-state index in [2.05, 4.69) is 29.2 Å². The lowest BCUT2D eigenvalue weighted by Crippen LogP contribution is -2.42. The molecule has 1 aliphatic rings. The van der Waals surface area contributed by atoms with Crippen molar-refractivity contribution in [3.8, 4) is 0 Å². The topological polar surface area (TPSA) is 43.4 Å². The molecule has 26 heavy (non-hydrogen) atoms. The van der Waals surface area contributed by atoms with Gasteiger partial charge in [-0.1, -0.05) is 49.0 Å². The van der Waals surface area contributed by atoms with Crippen LogP contribution in [0.25, 0.3) is 5.57 Å². The van der Waals surface area contributed by atoms with E-state index in [0.29, 0.717) is 23.1 Å². The van der Waals surface area contributed by atoms with E-state index < -0.39 is 5.41 Å². The van der Waals surface area contributed by atoms with Crippen LogP contribution in [0.15, 0.2) is 66.8 Å². The number of ether oxygens (including phenoxy) is 1. The van der Waals surface area contributed by atoms with Crippen molar-refractivity contribution in [1.29, 1.82) is 0 Å². The Labute approximate surface area is 166 Å². The number of methoxy groups -OCH3 is 1. The minimum atomic E-state index is -1.05. The third-order valence-electron chi connectivity index (χ3n) is 4.94. The van der Waals surface area contributed by atoms with Crippen LogP contribution in [0.5, 0.6) is 0 Å². The second-order valence-electron chi connectivity index (χ2n) is 6.39. The summed E-state index contributed by atoms with van der Waals surface area (Å²) >= 11 is 2.26. The van der Waals surface area contributed by atoms with Crippen molar-refractivity contribution in [1.82, 2.24) is 0 Å². The molecule has 0 amide bonds. The molecule has 0 spiro atoms. The van der Waals surface area contributed by atoms with Crippen LogP contribution in [0.1, 0.15) is 34.8 Å². The summed E-state index contributed by atoms with van der Waals surface area (Å²) in [4.78, 5) is 25.5. The molecule has 3 nitrogen and oxygen atoms in total. The Morgan fingerprint density at radius 3 is 2.50 bits per heavy atom. The lowest BCUT2D eigenvalue weighted by Gasteiger charge is -2.37. The number of hydrogen-bond donors (Lipinski definition) is 0. The van der Waals surface area contributed by atoms with E-state index >= 15 is 0 Å². The SMILES string of the molecule is C=C(CC1(C(=O)OC)C(C)=CC(=O)c2ccccc21)c1ccccc1I. The van der Waals surface area contributed by atoms with Gasteiger partial charge in [0.05, 0.1) is 7.11 Å². The zero-order valence-electron chi connectivity index (χ0n) is 14.7. The van der Waals surface area contributed by atoms with Gasteiger partial charge in [0.25, 0.3) is 0 Å². The zero-order valence-corrected chi connectivity index (χ0v) is 16.9. The number of carbonyl (C=O) groups excluding carboxylic acids is 2. The van der Waals surface area contributed by atoms with Gasteiger partial charge in [0.15, 0.2) is 5.78 Å². The van der Waals surface area contributed by atoms with Crippen molar-refractivity contribution in [2.45, 2.75) is 18.8 Å². The molecule has 0 fully saturated rings. The van der Waals surface area contributed by atoms with Crippen molar-refractivity contribution in [3.05, 3.63) is 87.0 Å². The molecular formula is C22H19IO3. The summed E-state index contributed by atoms with van der Waals surface area (Å²) in [6, 6.07) is 15.2. The third kappa shape index (κ3) is 2.92. The number of benzene rings is 2. The highest BCUT2D eigenvalue weighted by atomic mass is 127. The number of rotatable bonds is 4. The van der Waals surface area contributed by atoms with Gasteiger partial charge in [-0.25, -0.2) is 0 Å². The van der Waals surface area contributed by atoms with Crippen molar-refractivity contribution in [2.24, 2.45) is 0 Å². The van der Waals surface area contributed by atoms with Gasteiger partial charge < -0.3 is 4.74 Å². The number of carbonyl (C=O) groups is 2. The molecule has 1 unspecified atom stereocenters. The minimum Gasteiger partial charge on any atom is -0.468 e. The lowest BCUT2D eigenvalue weighted by atomic mass is 9.65. The molecule has 4 heteroatoms. The zero-order chi connectivity index (χ0) is 18.9. The van der Waals surface area contributed by atoms with Gasteiger partial charge in [-0.3, -0.25) is 9.59 Å². The highest BCUT2D eigenvalue weighted by Gasteiger charge is 2.47. The van der Waals surface area contributed by atoms with E-state index in [1.54, 1.807) is 12.1 Å². The largest absolute Gasteiger partial charge is 0.468 e. The summed E-state index contributed by atoms with van der Waals surface area (Å²) in [7, 11) is 1.38. The summed E-state index contributed by atoms with van der Waals surface area (Å²) in [6.45, 7) is 6.06. The monoisotopic (exact) mass is 458 g/mol. The summed E-state index contributed by atoms with van der Waals surface area (Å²) in [5, 5.41) is 0.